The molecule has 4 heterocycles. The van der Waals surface area contributed by atoms with Crippen molar-refractivity contribution in [2.24, 2.45) is 5.73 Å². The fourth-order valence-corrected chi connectivity index (χ4v) is 5.06. The number of aromatic nitrogens is 4. The van der Waals surface area contributed by atoms with E-state index in [4.69, 9.17) is 5.73 Å². The van der Waals surface area contributed by atoms with Crippen LogP contribution >= 0.6 is 0 Å². The number of pyridine rings is 1. The fourth-order valence-electron chi connectivity index (χ4n) is 5.06. The highest BCUT2D eigenvalue weighted by atomic mass is 19.1. The summed E-state index contributed by atoms with van der Waals surface area (Å²) in [6, 6.07) is 17.2. The van der Waals surface area contributed by atoms with E-state index in [0.717, 1.165) is 70.7 Å². The van der Waals surface area contributed by atoms with Crippen LogP contribution in [0.1, 0.15) is 5.56 Å². The van der Waals surface area contributed by atoms with Crippen LogP contribution in [0.3, 0.4) is 0 Å². The summed E-state index contributed by atoms with van der Waals surface area (Å²) in [5.41, 5.74) is 12.3. The van der Waals surface area contributed by atoms with Crippen molar-refractivity contribution in [1.29, 1.82) is 0 Å². The molecule has 0 saturated carbocycles. The number of halogens is 1. The second-order valence-corrected chi connectivity index (χ2v) is 9.66. The Morgan fingerprint density at radius 1 is 0.974 bits per heavy atom. The summed E-state index contributed by atoms with van der Waals surface area (Å²) in [5.74, 6) is -0.530. The molecule has 38 heavy (non-hydrogen) atoms. The van der Waals surface area contributed by atoms with Crippen molar-refractivity contribution in [2.45, 2.75) is 6.54 Å². The third kappa shape index (κ3) is 5.01. The Bertz CT molecular complexity index is 1580. The molecule has 1 amide bonds. The lowest BCUT2D eigenvalue weighted by atomic mass is 10.0. The van der Waals surface area contributed by atoms with E-state index in [1.165, 1.54) is 12.1 Å². The van der Waals surface area contributed by atoms with Crippen LogP contribution in [-0.4, -0.2) is 63.3 Å². The number of nitrogens with zero attached hydrogens (tertiary/aromatic N) is 5. The zero-order valence-corrected chi connectivity index (χ0v) is 20.8. The molecule has 3 N–H and O–H groups in total. The molecule has 1 aliphatic rings. The Balaban J connectivity index is 1.19. The molecule has 0 spiro atoms. The molecule has 2 aromatic carbocycles. The standard InChI is InChI=1S/C29H28FN7O/c30-24-3-1-2-20(12-24)17-37-18-23(15-34-37)27-16-33-29-26(27)13-22(14-32-29)21-4-6-25(7-5-21)36-10-8-35(9-11-36)19-28(31)38/h1-7,12-16,18H,8-11,17,19H2,(H2,31,38)(H,32,33). The molecule has 0 radical (unpaired) electrons. The third-order valence-corrected chi connectivity index (χ3v) is 7.03. The normalized spacial score (nSPS) is 14.3. The molecule has 6 rings (SSSR count). The summed E-state index contributed by atoms with van der Waals surface area (Å²) in [5, 5.41) is 5.50. The lowest BCUT2D eigenvalue weighted by Crippen LogP contribution is -2.48. The predicted octanol–water partition coefficient (Wildman–Crippen LogP) is 3.89. The van der Waals surface area contributed by atoms with Crippen LogP contribution in [0.5, 0.6) is 0 Å². The fraction of sp³-hybridized carbons (Fsp3) is 0.207. The number of hydrogen-bond acceptors (Lipinski definition) is 5. The number of aromatic amines is 1. The van der Waals surface area contributed by atoms with Crippen LogP contribution < -0.4 is 10.6 Å². The summed E-state index contributed by atoms with van der Waals surface area (Å²) >= 11 is 0. The van der Waals surface area contributed by atoms with Crippen molar-refractivity contribution < 1.29 is 9.18 Å². The average molecular weight is 510 g/mol. The number of nitrogens with two attached hydrogens (primary N) is 1. The van der Waals surface area contributed by atoms with Gasteiger partial charge >= 0.3 is 0 Å². The number of primary amides is 1. The molecule has 5 aromatic rings. The van der Waals surface area contributed by atoms with Crippen LogP contribution in [0.4, 0.5) is 10.1 Å². The summed E-state index contributed by atoms with van der Waals surface area (Å²) in [7, 11) is 0. The number of carbonyl (C=O) groups is 1. The molecule has 0 atom stereocenters. The van der Waals surface area contributed by atoms with Crippen LogP contribution in [0, 0.1) is 5.82 Å². The zero-order valence-electron chi connectivity index (χ0n) is 20.8. The summed E-state index contributed by atoms with van der Waals surface area (Å²) < 4.78 is 15.4. The smallest absolute Gasteiger partial charge is 0.231 e. The Hall–Kier alpha value is -4.50. The maximum Gasteiger partial charge on any atom is 0.231 e. The number of carbonyl (C=O) groups excluding carboxylic acids is 1. The first kappa shape index (κ1) is 23.9. The molecule has 0 bridgehead atoms. The Kier molecular flexibility index (Phi) is 6.35. The van der Waals surface area contributed by atoms with Crippen molar-refractivity contribution in [3.05, 3.63) is 90.8 Å². The number of benzene rings is 2. The van der Waals surface area contributed by atoms with Crippen molar-refractivity contribution in [3.8, 4) is 22.3 Å². The van der Waals surface area contributed by atoms with Gasteiger partial charge in [0.2, 0.25) is 5.91 Å². The molecule has 1 saturated heterocycles. The van der Waals surface area contributed by atoms with Gasteiger partial charge in [-0.25, -0.2) is 9.37 Å². The average Bonchev–Trinajstić information content (AvgIpc) is 3.55. The van der Waals surface area contributed by atoms with Crippen LogP contribution in [0.2, 0.25) is 0 Å². The Morgan fingerprint density at radius 3 is 2.55 bits per heavy atom. The number of fused-ring (bicyclic) bond motifs is 1. The first-order valence-electron chi connectivity index (χ1n) is 12.6. The largest absolute Gasteiger partial charge is 0.369 e. The van der Waals surface area contributed by atoms with E-state index < -0.39 is 0 Å². The lowest BCUT2D eigenvalue weighted by molar-refractivity contribution is -0.119. The van der Waals surface area contributed by atoms with E-state index in [1.807, 2.05) is 35.5 Å². The van der Waals surface area contributed by atoms with E-state index in [0.29, 0.717) is 13.1 Å². The number of amides is 1. The third-order valence-electron chi connectivity index (χ3n) is 7.03. The summed E-state index contributed by atoms with van der Waals surface area (Å²) in [6.45, 7) is 4.17. The summed E-state index contributed by atoms with van der Waals surface area (Å²) in [4.78, 5) is 23.5. The van der Waals surface area contributed by atoms with E-state index in [2.05, 4.69) is 55.2 Å². The maximum absolute atomic E-state index is 13.6. The second-order valence-electron chi connectivity index (χ2n) is 9.66. The van der Waals surface area contributed by atoms with Gasteiger partial charge in [-0.05, 0) is 41.5 Å². The second kappa shape index (κ2) is 10.1. The minimum Gasteiger partial charge on any atom is -0.369 e. The zero-order chi connectivity index (χ0) is 26.1. The number of H-pyrrole nitrogens is 1. The Labute approximate surface area is 219 Å². The summed E-state index contributed by atoms with van der Waals surface area (Å²) in [6.07, 6.45) is 7.63. The predicted molar refractivity (Wildman–Crippen MR) is 146 cm³/mol. The SMILES string of the molecule is NC(=O)CN1CCN(c2ccc(-c3cnc4[nH]cc(-c5cnn(Cc6cccc(F)c6)c5)c4c3)cc2)CC1. The maximum atomic E-state index is 13.6. The first-order valence-corrected chi connectivity index (χ1v) is 12.6. The van der Waals surface area contributed by atoms with Crippen molar-refractivity contribution in [2.75, 3.05) is 37.6 Å². The molecule has 1 fully saturated rings. The van der Waals surface area contributed by atoms with Gasteiger partial charge < -0.3 is 15.6 Å². The van der Waals surface area contributed by atoms with Gasteiger partial charge in [-0.15, -0.1) is 0 Å². The number of piperazine rings is 1. The Morgan fingerprint density at radius 2 is 1.79 bits per heavy atom. The molecule has 1 aliphatic heterocycles. The highest BCUT2D eigenvalue weighted by Gasteiger charge is 2.18. The topological polar surface area (TPSA) is 96.1 Å². The number of anilines is 1. The molecular weight excluding hydrogens is 481 g/mol. The first-order chi connectivity index (χ1) is 18.5. The van der Waals surface area contributed by atoms with Crippen molar-refractivity contribution >= 4 is 22.6 Å². The van der Waals surface area contributed by atoms with Gasteiger partial charge in [0.05, 0.1) is 19.3 Å². The highest BCUT2D eigenvalue weighted by molar-refractivity contribution is 5.95. The van der Waals surface area contributed by atoms with Gasteiger partial charge in [0.15, 0.2) is 0 Å². The minimum absolute atomic E-state index is 0.249. The molecule has 9 heteroatoms. The van der Waals surface area contributed by atoms with Crippen molar-refractivity contribution in [3.63, 3.8) is 0 Å². The van der Waals surface area contributed by atoms with E-state index in [1.54, 1.807) is 6.07 Å². The molecule has 3 aromatic heterocycles. The van der Waals surface area contributed by atoms with Crippen LogP contribution in [-0.2, 0) is 11.3 Å². The molecular formula is C29H28FN7O. The van der Waals surface area contributed by atoms with Crippen LogP contribution in [0.25, 0.3) is 33.3 Å². The van der Waals surface area contributed by atoms with Gasteiger partial charge in [-0.2, -0.15) is 5.10 Å². The quantitative estimate of drug-likeness (QED) is 0.347. The molecule has 0 unspecified atom stereocenters. The van der Waals surface area contributed by atoms with Gasteiger partial charge in [0.25, 0.3) is 0 Å². The number of hydrogen-bond donors (Lipinski definition) is 2. The number of rotatable bonds is 7. The van der Waals surface area contributed by atoms with Gasteiger partial charge in [0.1, 0.15) is 11.5 Å². The van der Waals surface area contributed by atoms with E-state index in [-0.39, 0.29) is 11.7 Å². The van der Waals surface area contributed by atoms with E-state index in [9.17, 15) is 9.18 Å². The monoisotopic (exact) mass is 509 g/mol. The highest BCUT2D eigenvalue weighted by Crippen LogP contribution is 2.31. The van der Waals surface area contributed by atoms with Crippen molar-refractivity contribution in [1.82, 2.24) is 24.6 Å². The molecule has 8 nitrogen and oxygen atoms in total. The molecule has 192 valence electrons. The minimum atomic E-state index is -0.281. The van der Waals surface area contributed by atoms with Crippen LogP contribution in [0.15, 0.2) is 79.4 Å². The van der Waals surface area contributed by atoms with Gasteiger partial charge in [0, 0.05) is 72.5 Å². The lowest BCUT2D eigenvalue weighted by Gasteiger charge is -2.35. The number of nitrogens with one attached hydrogen (secondary N) is 1. The van der Waals surface area contributed by atoms with Gasteiger partial charge in [-0.3, -0.25) is 14.4 Å². The van der Waals surface area contributed by atoms with E-state index >= 15 is 0 Å². The van der Waals surface area contributed by atoms with Gasteiger partial charge in [-0.1, -0.05) is 24.3 Å². The molecule has 0 aliphatic carbocycles.